The third-order valence-electron chi connectivity index (χ3n) is 2.47. The summed E-state index contributed by atoms with van der Waals surface area (Å²) < 4.78 is 11.2. The molecule has 0 aliphatic heterocycles. The fourth-order valence-corrected chi connectivity index (χ4v) is 1.43. The number of rotatable bonds is 6. The van der Waals surface area contributed by atoms with E-state index < -0.39 is 5.97 Å². The van der Waals surface area contributed by atoms with E-state index in [4.69, 9.17) is 14.6 Å². The van der Waals surface area contributed by atoms with Gasteiger partial charge in [0.15, 0.2) is 11.5 Å². The lowest BCUT2D eigenvalue weighted by Gasteiger charge is -2.12. The fraction of sp³-hybridized carbons (Fsp3) is 0.462. The van der Waals surface area contributed by atoms with Gasteiger partial charge in [-0.1, -0.05) is 6.92 Å². The molecule has 4 nitrogen and oxygen atoms in total. The van der Waals surface area contributed by atoms with Crippen LogP contribution in [0.25, 0.3) is 0 Å². The maximum atomic E-state index is 10.9. The quantitative estimate of drug-likeness (QED) is 0.825. The van der Waals surface area contributed by atoms with E-state index >= 15 is 0 Å². The lowest BCUT2D eigenvalue weighted by atomic mass is 10.2. The molecule has 0 aromatic heterocycles. The van der Waals surface area contributed by atoms with Gasteiger partial charge in [-0.2, -0.15) is 0 Å². The van der Waals surface area contributed by atoms with E-state index in [0.29, 0.717) is 18.1 Å². The highest BCUT2D eigenvalue weighted by Crippen LogP contribution is 2.34. The second kappa shape index (κ2) is 5.08. The molecule has 0 radical (unpaired) electrons. The highest BCUT2D eigenvalue weighted by Gasteiger charge is 2.25. The first-order valence-corrected chi connectivity index (χ1v) is 5.87. The molecule has 0 bridgehead atoms. The third-order valence-corrected chi connectivity index (χ3v) is 2.47. The molecule has 0 amide bonds. The zero-order chi connectivity index (χ0) is 12.3. The molecule has 1 N–H and O–H groups in total. The monoisotopic (exact) mass is 236 g/mol. The van der Waals surface area contributed by atoms with Crippen molar-refractivity contribution < 1.29 is 19.4 Å². The van der Waals surface area contributed by atoms with Gasteiger partial charge in [-0.25, -0.2) is 4.79 Å². The lowest BCUT2D eigenvalue weighted by molar-refractivity contribution is 0.0696. The summed E-state index contributed by atoms with van der Waals surface area (Å²) in [5.74, 6) is 0.217. The predicted molar refractivity (Wildman–Crippen MR) is 62.8 cm³/mol. The minimum absolute atomic E-state index is 0.222. The molecule has 0 saturated heterocycles. The largest absolute Gasteiger partial charge is 0.490 e. The summed E-state index contributed by atoms with van der Waals surface area (Å²) in [6.45, 7) is 2.56. The molecule has 92 valence electrons. The first-order chi connectivity index (χ1) is 8.20. The van der Waals surface area contributed by atoms with Gasteiger partial charge >= 0.3 is 5.97 Å². The van der Waals surface area contributed by atoms with E-state index in [1.165, 1.54) is 6.07 Å². The van der Waals surface area contributed by atoms with Crippen molar-refractivity contribution in [2.45, 2.75) is 32.3 Å². The Morgan fingerprint density at radius 3 is 2.76 bits per heavy atom. The van der Waals surface area contributed by atoms with Crippen LogP contribution >= 0.6 is 0 Å². The summed E-state index contributed by atoms with van der Waals surface area (Å²) in [4.78, 5) is 10.9. The zero-order valence-electron chi connectivity index (χ0n) is 9.81. The normalized spacial score (nSPS) is 14.4. The van der Waals surface area contributed by atoms with Crippen molar-refractivity contribution in [3.63, 3.8) is 0 Å². The Hall–Kier alpha value is -1.71. The molecule has 4 heteroatoms. The van der Waals surface area contributed by atoms with E-state index in [-0.39, 0.29) is 11.7 Å². The molecule has 0 atom stereocenters. The van der Waals surface area contributed by atoms with Gasteiger partial charge in [0.25, 0.3) is 0 Å². The molecule has 1 aromatic rings. The maximum absolute atomic E-state index is 10.9. The molecule has 1 saturated carbocycles. The van der Waals surface area contributed by atoms with Crippen LogP contribution in [0.1, 0.15) is 36.5 Å². The van der Waals surface area contributed by atoms with E-state index in [1.54, 1.807) is 12.1 Å². The average Bonchev–Trinajstić information content (AvgIpc) is 3.11. The van der Waals surface area contributed by atoms with Crippen molar-refractivity contribution in [3.05, 3.63) is 23.8 Å². The van der Waals surface area contributed by atoms with E-state index in [2.05, 4.69) is 0 Å². The molecule has 0 unspecified atom stereocenters. The molecule has 2 rings (SSSR count). The maximum Gasteiger partial charge on any atom is 0.335 e. The summed E-state index contributed by atoms with van der Waals surface area (Å²) in [5.41, 5.74) is 0.222. The van der Waals surface area contributed by atoms with Gasteiger partial charge in [-0.15, -0.1) is 0 Å². The molecule has 17 heavy (non-hydrogen) atoms. The Morgan fingerprint density at radius 1 is 1.41 bits per heavy atom. The van der Waals surface area contributed by atoms with Crippen molar-refractivity contribution in [1.29, 1.82) is 0 Å². The van der Waals surface area contributed by atoms with Gasteiger partial charge in [-0.3, -0.25) is 0 Å². The second-order valence-corrected chi connectivity index (χ2v) is 4.13. The second-order valence-electron chi connectivity index (χ2n) is 4.13. The molecule has 1 fully saturated rings. The first-order valence-electron chi connectivity index (χ1n) is 5.87. The van der Waals surface area contributed by atoms with E-state index in [9.17, 15) is 4.79 Å². The van der Waals surface area contributed by atoms with Crippen molar-refractivity contribution >= 4 is 5.97 Å². The highest BCUT2D eigenvalue weighted by molar-refractivity contribution is 5.88. The first kappa shape index (κ1) is 11.8. The Bertz CT molecular complexity index is 410. The molecule has 0 heterocycles. The van der Waals surface area contributed by atoms with Crippen LogP contribution < -0.4 is 9.47 Å². The smallest absolute Gasteiger partial charge is 0.335 e. The molecule has 1 aliphatic rings. The molecule has 1 aliphatic carbocycles. The number of aromatic carboxylic acids is 1. The lowest BCUT2D eigenvalue weighted by Crippen LogP contribution is -2.04. The van der Waals surface area contributed by atoms with Crippen LogP contribution in [0.3, 0.4) is 0 Å². The minimum Gasteiger partial charge on any atom is -0.490 e. The van der Waals surface area contributed by atoms with Crippen molar-refractivity contribution in [2.24, 2.45) is 0 Å². The average molecular weight is 236 g/mol. The number of carboxylic acids is 1. The predicted octanol–water partition coefficient (Wildman–Crippen LogP) is 2.71. The molecular formula is C13H16O4. The fourth-order valence-electron chi connectivity index (χ4n) is 1.43. The molecular weight excluding hydrogens is 220 g/mol. The summed E-state index contributed by atoms with van der Waals surface area (Å²) in [6.07, 6.45) is 3.27. The van der Waals surface area contributed by atoms with Crippen LogP contribution in [0.4, 0.5) is 0 Å². The van der Waals surface area contributed by atoms with Gasteiger partial charge in [-0.05, 0) is 37.5 Å². The van der Waals surface area contributed by atoms with Crippen LogP contribution in [0.5, 0.6) is 11.5 Å². The minimum atomic E-state index is -0.954. The number of carboxylic acid groups (broad SMARTS) is 1. The Morgan fingerprint density at radius 2 is 2.18 bits per heavy atom. The van der Waals surface area contributed by atoms with Crippen LogP contribution in [-0.4, -0.2) is 23.8 Å². The Labute approximate surface area is 100 Å². The van der Waals surface area contributed by atoms with Crippen molar-refractivity contribution in [2.75, 3.05) is 6.61 Å². The van der Waals surface area contributed by atoms with Crippen LogP contribution in [-0.2, 0) is 0 Å². The van der Waals surface area contributed by atoms with Crippen molar-refractivity contribution in [3.8, 4) is 11.5 Å². The van der Waals surface area contributed by atoms with Gasteiger partial charge in [0.1, 0.15) is 0 Å². The summed E-state index contributed by atoms with van der Waals surface area (Å²) in [5, 5.41) is 8.92. The van der Waals surface area contributed by atoms with Gasteiger partial charge in [0, 0.05) is 0 Å². The number of hydrogen-bond acceptors (Lipinski definition) is 3. The summed E-state index contributed by atoms with van der Waals surface area (Å²) >= 11 is 0. The standard InChI is InChI=1S/C13H16O4/c1-2-7-16-12-8-9(13(14)15)3-6-11(12)17-10-4-5-10/h3,6,8,10H,2,4-5,7H2,1H3,(H,14,15). The van der Waals surface area contributed by atoms with Gasteiger partial charge in [0.2, 0.25) is 0 Å². The number of benzene rings is 1. The third kappa shape index (κ3) is 3.12. The van der Waals surface area contributed by atoms with Crippen LogP contribution in [0, 0.1) is 0 Å². The van der Waals surface area contributed by atoms with Crippen LogP contribution in [0.15, 0.2) is 18.2 Å². The summed E-state index contributed by atoms with van der Waals surface area (Å²) in [6, 6.07) is 4.74. The van der Waals surface area contributed by atoms with E-state index in [1.807, 2.05) is 6.92 Å². The van der Waals surface area contributed by atoms with Crippen LogP contribution in [0.2, 0.25) is 0 Å². The van der Waals surface area contributed by atoms with Gasteiger partial charge < -0.3 is 14.6 Å². The Balaban J connectivity index is 2.19. The zero-order valence-corrected chi connectivity index (χ0v) is 9.81. The van der Waals surface area contributed by atoms with E-state index in [0.717, 1.165) is 19.3 Å². The van der Waals surface area contributed by atoms with Crippen molar-refractivity contribution in [1.82, 2.24) is 0 Å². The SMILES string of the molecule is CCCOc1cc(C(=O)O)ccc1OC1CC1. The molecule has 1 aromatic carbocycles. The van der Waals surface area contributed by atoms with Gasteiger partial charge in [0.05, 0.1) is 18.3 Å². The summed E-state index contributed by atoms with van der Waals surface area (Å²) in [7, 11) is 0. The highest BCUT2D eigenvalue weighted by atomic mass is 16.5. The number of ether oxygens (including phenoxy) is 2. The number of carbonyl (C=O) groups is 1. The topological polar surface area (TPSA) is 55.8 Å². The Kier molecular flexibility index (Phi) is 3.52. The number of hydrogen-bond donors (Lipinski definition) is 1. The molecule has 0 spiro atoms.